The molecule has 0 radical (unpaired) electrons. The fraction of sp³-hybridized carbons (Fsp3) is 0.0833. The Morgan fingerprint density at radius 3 is 2.80 bits per heavy atom. The molecule has 0 aliphatic carbocycles. The summed E-state index contributed by atoms with van der Waals surface area (Å²) in [5.74, 6) is 1.34. The van der Waals surface area contributed by atoms with Crippen molar-refractivity contribution in [2.75, 3.05) is 7.11 Å². The van der Waals surface area contributed by atoms with Crippen LogP contribution >= 0.6 is 0 Å². The topological polar surface area (TPSA) is 35.5 Å². The fourth-order valence-corrected chi connectivity index (χ4v) is 1.51. The maximum Gasteiger partial charge on any atom is 0.298 e. The van der Waals surface area contributed by atoms with Crippen molar-refractivity contribution in [1.82, 2.24) is 0 Å². The molecular weight excluding hydrogens is 192 g/mol. The lowest BCUT2D eigenvalue weighted by atomic mass is 10.1. The van der Waals surface area contributed by atoms with Gasteiger partial charge >= 0.3 is 0 Å². The van der Waals surface area contributed by atoms with Crippen molar-refractivity contribution in [3.8, 4) is 11.5 Å². The van der Waals surface area contributed by atoms with Crippen LogP contribution in [0.25, 0.3) is 10.8 Å². The first-order chi connectivity index (χ1) is 7.35. The molecule has 0 amide bonds. The first-order valence-electron chi connectivity index (χ1n) is 4.52. The van der Waals surface area contributed by atoms with Crippen LogP contribution in [-0.4, -0.2) is 13.6 Å². The van der Waals surface area contributed by atoms with Crippen LogP contribution in [0.2, 0.25) is 0 Å². The molecule has 3 nitrogen and oxygen atoms in total. The van der Waals surface area contributed by atoms with Crippen molar-refractivity contribution < 1.29 is 14.3 Å². The minimum atomic E-state index is 0.430. The molecule has 0 aliphatic heterocycles. The maximum absolute atomic E-state index is 10.3. The summed E-state index contributed by atoms with van der Waals surface area (Å²) in [5.41, 5.74) is 0. The number of hydrogen-bond donors (Lipinski definition) is 0. The highest BCUT2D eigenvalue weighted by Crippen LogP contribution is 2.28. The van der Waals surface area contributed by atoms with E-state index >= 15 is 0 Å². The standard InChI is InChI=1S/C12H10O3/c1-14-10-5-6-11-9(7-10)3-2-4-12(11)15-8-13/h2-8H,1H3. The number of methoxy groups -OCH3 is 1. The summed E-state index contributed by atoms with van der Waals surface area (Å²) in [6.45, 7) is 0.430. The van der Waals surface area contributed by atoms with Crippen LogP contribution in [0.1, 0.15) is 0 Å². The Labute approximate surface area is 87.2 Å². The van der Waals surface area contributed by atoms with Gasteiger partial charge in [0.25, 0.3) is 6.47 Å². The summed E-state index contributed by atoms with van der Waals surface area (Å²) in [4.78, 5) is 10.3. The number of benzene rings is 2. The molecule has 0 aliphatic rings. The van der Waals surface area contributed by atoms with Crippen molar-refractivity contribution in [2.45, 2.75) is 0 Å². The molecule has 0 unspecified atom stereocenters. The first-order valence-corrected chi connectivity index (χ1v) is 4.52. The number of hydrogen-bond acceptors (Lipinski definition) is 3. The summed E-state index contributed by atoms with van der Waals surface area (Å²) in [6, 6.07) is 11.1. The van der Waals surface area contributed by atoms with Crippen LogP contribution in [0.4, 0.5) is 0 Å². The second-order valence-corrected chi connectivity index (χ2v) is 3.06. The molecule has 2 aromatic rings. The van der Waals surface area contributed by atoms with Crippen LogP contribution < -0.4 is 9.47 Å². The predicted octanol–water partition coefficient (Wildman–Crippen LogP) is 2.38. The lowest BCUT2D eigenvalue weighted by molar-refractivity contribution is -0.120. The summed E-state index contributed by atoms with van der Waals surface area (Å²) < 4.78 is 9.98. The summed E-state index contributed by atoms with van der Waals surface area (Å²) in [5, 5.41) is 1.87. The average Bonchev–Trinajstić information content (AvgIpc) is 2.29. The van der Waals surface area contributed by atoms with Crippen molar-refractivity contribution in [3.05, 3.63) is 36.4 Å². The van der Waals surface area contributed by atoms with Crippen LogP contribution in [0.15, 0.2) is 36.4 Å². The zero-order chi connectivity index (χ0) is 10.7. The molecule has 0 bridgehead atoms. The van der Waals surface area contributed by atoms with Crippen LogP contribution in [-0.2, 0) is 4.79 Å². The van der Waals surface area contributed by atoms with Gasteiger partial charge in [-0.15, -0.1) is 0 Å². The van der Waals surface area contributed by atoms with E-state index in [1.165, 1.54) is 0 Å². The van der Waals surface area contributed by atoms with E-state index in [0.717, 1.165) is 16.5 Å². The number of carbonyl (C=O) groups excluding carboxylic acids is 1. The zero-order valence-electron chi connectivity index (χ0n) is 8.27. The van der Waals surface area contributed by atoms with E-state index in [4.69, 9.17) is 9.47 Å². The van der Waals surface area contributed by atoms with Crippen molar-refractivity contribution in [1.29, 1.82) is 0 Å². The highest BCUT2D eigenvalue weighted by atomic mass is 16.5. The third-order valence-corrected chi connectivity index (χ3v) is 2.22. The highest BCUT2D eigenvalue weighted by molar-refractivity contribution is 5.90. The van der Waals surface area contributed by atoms with Gasteiger partial charge in [-0.3, -0.25) is 4.79 Å². The molecule has 2 rings (SSSR count). The second kappa shape index (κ2) is 4.00. The molecule has 0 aromatic heterocycles. The molecule has 2 aromatic carbocycles. The van der Waals surface area contributed by atoms with E-state index in [0.29, 0.717) is 12.2 Å². The Kier molecular flexibility index (Phi) is 2.54. The molecule has 3 heteroatoms. The molecule has 0 spiro atoms. The van der Waals surface area contributed by atoms with Crippen LogP contribution in [0.3, 0.4) is 0 Å². The fourth-order valence-electron chi connectivity index (χ4n) is 1.51. The molecule has 0 N–H and O–H groups in total. The highest BCUT2D eigenvalue weighted by Gasteiger charge is 2.02. The Hall–Kier alpha value is -2.03. The van der Waals surface area contributed by atoms with Gasteiger partial charge in [-0.1, -0.05) is 12.1 Å². The lowest BCUT2D eigenvalue weighted by Crippen LogP contribution is -1.90. The van der Waals surface area contributed by atoms with E-state index in [9.17, 15) is 4.79 Å². The molecular formula is C12H10O3. The van der Waals surface area contributed by atoms with E-state index in [2.05, 4.69) is 0 Å². The Morgan fingerprint density at radius 1 is 1.20 bits per heavy atom. The molecule has 76 valence electrons. The van der Waals surface area contributed by atoms with Crippen molar-refractivity contribution >= 4 is 17.2 Å². The molecule has 0 saturated carbocycles. The van der Waals surface area contributed by atoms with Gasteiger partial charge in [-0.05, 0) is 29.7 Å². The maximum atomic E-state index is 10.3. The zero-order valence-corrected chi connectivity index (χ0v) is 8.27. The summed E-state index contributed by atoms with van der Waals surface area (Å²) >= 11 is 0. The third kappa shape index (κ3) is 1.76. The number of fused-ring (bicyclic) bond motifs is 1. The monoisotopic (exact) mass is 202 g/mol. The Balaban J connectivity index is 2.61. The molecule has 0 saturated heterocycles. The summed E-state index contributed by atoms with van der Waals surface area (Å²) in [7, 11) is 1.62. The molecule has 15 heavy (non-hydrogen) atoms. The smallest absolute Gasteiger partial charge is 0.298 e. The molecule has 0 heterocycles. The quantitative estimate of drug-likeness (QED) is 0.717. The van der Waals surface area contributed by atoms with E-state index in [1.54, 1.807) is 13.2 Å². The van der Waals surface area contributed by atoms with Gasteiger partial charge in [0, 0.05) is 5.39 Å². The SMILES string of the molecule is COc1ccc2c(OC=O)cccc2c1. The number of carbonyl (C=O) groups is 1. The van der Waals surface area contributed by atoms with Gasteiger partial charge in [0.05, 0.1) is 7.11 Å². The lowest BCUT2D eigenvalue weighted by Gasteiger charge is -2.05. The van der Waals surface area contributed by atoms with E-state index < -0.39 is 0 Å². The van der Waals surface area contributed by atoms with Gasteiger partial charge in [-0.25, -0.2) is 0 Å². The summed E-state index contributed by atoms with van der Waals surface area (Å²) in [6.07, 6.45) is 0. The number of rotatable bonds is 3. The van der Waals surface area contributed by atoms with Crippen LogP contribution in [0, 0.1) is 0 Å². The van der Waals surface area contributed by atoms with Crippen LogP contribution in [0.5, 0.6) is 11.5 Å². The third-order valence-electron chi connectivity index (χ3n) is 2.22. The van der Waals surface area contributed by atoms with Gasteiger partial charge in [0.15, 0.2) is 0 Å². The predicted molar refractivity (Wildman–Crippen MR) is 57.2 cm³/mol. The Morgan fingerprint density at radius 2 is 2.07 bits per heavy atom. The molecule has 0 fully saturated rings. The normalized spacial score (nSPS) is 9.93. The van der Waals surface area contributed by atoms with Gasteiger partial charge in [0.2, 0.25) is 0 Å². The minimum absolute atomic E-state index is 0.430. The minimum Gasteiger partial charge on any atom is -0.497 e. The second-order valence-electron chi connectivity index (χ2n) is 3.06. The van der Waals surface area contributed by atoms with Gasteiger partial charge in [0.1, 0.15) is 11.5 Å². The largest absolute Gasteiger partial charge is 0.497 e. The van der Waals surface area contributed by atoms with E-state index in [-0.39, 0.29) is 0 Å². The van der Waals surface area contributed by atoms with Crippen molar-refractivity contribution in [3.63, 3.8) is 0 Å². The molecule has 0 atom stereocenters. The Bertz CT molecular complexity index is 491. The van der Waals surface area contributed by atoms with E-state index in [1.807, 2.05) is 30.3 Å². The van der Waals surface area contributed by atoms with Gasteiger partial charge in [-0.2, -0.15) is 0 Å². The van der Waals surface area contributed by atoms with Gasteiger partial charge < -0.3 is 9.47 Å². The van der Waals surface area contributed by atoms with Crippen molar-refractivity contribution in [2.24, 2.45) is 0 Å². The number of ether oxygens (including phenoxy) is 2. The average molecular weight is 202 g/mol. The first kappa shape index (κ1) is 9.52.